The second kappa shape index (κ2) is 5.03. The number of nitrogens with zero attached hydrogens (tertiary/aromatic N) is 2. The molecule has 18 heavy (non-hydrogen) atoms. The standard InChI is InChI=1S/C11H15N3O3S/c1-6-9(17-7(2)13-6)11(15)14-3-4-16-8(5-14)10(12)18/h8H,3-5H2,1-2H3,(H2,12,18). The van der Waals surface area contributed by atoms with Crippen molar-refractivity contribution >= 4 is 23.1 Å². The Morgan fingerprint density at radius 2 is 2.28 bits per heavy atom. The first-order chi connectivity index (χ1) is 8.49. The number of carbonyl (C=O) groups is 1. The molecule has 0 bridgehead atoms. The summed E-state index contributed by atoms with van der Waals surface area (Å²) in [5.74, 6) is 0.559. The van der Waals surface area contributed by atoms with Crippen molar-refractivity contribution in [2.45, 2.75) is 20.0 Å². The van der Waals surface area contributed by atoms with Crippen molar-refractivity contribution < 1.29 is 13.9 Å². The molecule has 1 aromatic heterocycles. The van der Waals surface area contributed by atoms with Crippen molar-refractivity contribution in [2.24, 2.45) is 5.73 Å². The number of amides is 1. The zero-order chi connectivity index (χ0) is 13.3. The molecule has 1 atom stereocenters. The topological polar surface area (TPSA) is 81.6 Å². The molecule has 2 rings (SSSR count). The van der Waals surface area contributed by atoms with Crippen molar-refractivity contribution in [1.29, 1.82) is 0 Å². The van der Waals surface area contributed by atoms with Crippen molar-refractivity contribution in [3.05, 3.63) is 17.3 Å². The van der Waals surface area contributed by atoms with Crippen LogP contribution in [0.5, 0.6) is 0 Å². The number of aryl methyl sites for hydroxylation is 2. The van der Waals surface area contributed by atoms with E-state index in [1.807, 2.05) is 0 Å². The Kier molecular flexibility index (Phi) is 3.63. The van der Waals surface area contributed by atoms with Crippen LogP contribution in [0, 0.1) is 13.8 Å². The van der Waals surface area contributed by atoms with Crippen molar-refractivity contribution in [1.82, 2.24) is 9.88 Å². The lowest BCUT2D eigenvalue weighted by Crippen LogP contribution is -2.50. The summed E-state index contributed by atoms with van der Waals surface area (Å²) in [5.41, 5.74) is 6.13. The zero-order valence-corrected chi connectivity index (χ0v) is 11.1. The Morgan fingerprint density at radius 3 is 2.83 bits per heavy atom. The molecular weight excluding hydrogens is 254 g/mol. The number of hydrogen-bond acceptors (Lipinski definition) is 5. The van der Waals surface area contributed by atoms with Crippen molar-refractivity contribution in [2.75, 3.05) is 19.7 Å². The first kappa shape index (κ1) is 13.0. The largest absolute Gasteiger partial charge is 0.436 e. The molecule has 0 radical (unpaired) electrons. The van der Waals surface area contributed by atoms with Gasteiger partial charge in [-0.2, -0.15) is 0 Å². The third-order valence-corrected chi connectivity index (χ3v) is 3.03. The zero-order valence-electron chi connectivity index (χ0n) is 10.3. The van der Waals surface area contributed by atoms with Crippen molar-refractivity contribution in [3.63, 3.8) is 0 Å². The van der Waals surface area contributed by atoms with Crippen LogP contribution in [0.4, 0.5) is 0 Å². The summed E-state index contributed by atoms with van der Waals surface area (Å²) < 4.78 is 10.7. The van der Waals surface area contributed by atoms with Crippen LogP contribution < -0.4 is 5.73 Å². The molecule has 0 aliphatic carbocycles. The summed E-state index contributed by atoms with van der Waals surface area (Å²) in [6, 6.07) is 0. The molecule has 1 fully saturated rings. The van der Waals surface area contributed by atoms with E-state index in [-0.39, 0.29) is 22.8 Å². The van der Waals surface area contributed by atoms with Crippen molar-refractivity contribution in [3.8, 4) is 0 Å². The van der Waals surface area contributed by atoms with Gasteiger partial charge in [-0.25, -0.2) is 4.98 Å². The number of thiocarbonyl (C=S) groups is 1. The summed E-state index contributed by atoms with van der Waals surface area (Å²) in [5, 5.41) is 0. The number of hydrogen-bond donors (Lipinski definition) is 1. The van der Waals surface area contributed by atoms with Gasteiger partial charge in [-0.05, 0) is 6.92 Å². The van der Waals surface area contributed by atoms with Crippen LogP contribution in [0.3, 0.4) is 0 Å². The van der Waals surface area contributed by atoms with E-state index in [4.69, 9.17) is 27.1 Å². The molecule has 1 saturated heterocycles. The molecule has 6 nitrogen and oxygen atoms in total. The highest BCUT2D eigenvalue weighted by Crippen LogP contribution is 2.15. The maximum atomic E-state index is 12.3. The first-order valence-corrected chi connectivity index (χ1v) is 6.04. The van der Waals surface area contributed by atoms with Gasteiger partial charge in [-0.3, -0.25) is 4.79 Å². The number of oxazole rings is 1. The van der Waals surface area contributed by atoms with E-state index in [9.17, 15) is 4.79 Å². The molecule has 0 spiro atoms. The number of carbonyl (C=O) groups excluding carboxylic acids is 1. The van der Waals surface area contributed by atoms with E-state index in [1.165, 1.54) is 0 Å². The number of morpholine rings is 1. The molecular formula is C11H15N3O3S. The van der Waals surface area contributed by atoms with Gasteiger partial charge in [-0.15, -0.1) is 0 Å². The molecule has 98 valence electrons. The van der Waals surface area contributed by atoms with Gasteiger partial charge < -0.3 is 19.8 Å². The van der Waals surface area contributed by atoms with Crippen LogP contribution in [0.25, 0.3) is 0 Å². The van der Waals surface area contributed by atoms with Gasteiger partial charge in [0.05, 0.1) is 18.8 Å². The number of rotatable bonds is 2. The van der Waals surface area contributed by atoms with Gasteiger partial charge >= 0.3 is 0 Å². The molecule has 1 amide bonds. The maximum Gasteiger partial charge on any atom is 0.291 e. The lowest BCUT2D eigenvalue weighted by Gasteiger charge is -2.31. The smallest absolute Gasteiger partial charge is 0.291 e. The Bertz CT molecular complexity index is 486. The second-order valence-electron chi connectivity index (χ2n) is 4.16. The Hall–Kier alpha value is -1.47. The molecule has 7 heteroatoms. The predicted octanol–water partition coefficient (Wildman–Crippen LogP) is 0.419. The highest BCUT2D eigenvalue weighted by atomic mass is 32.1. The fourth-order valence-corrected chi connectivity index (χ4v) is 2.02. The van der Waals surface area contributed by atoms with Crippen LogP contribution in [0.15, 0.2) is 4.42 Å². The maximum absolute atomic E-state index is 12.3. The molecule has 1 aliphatic rings. The average molecular weight is 269 g/mol. The lowest BCUT2D eigenvalue weighted by molar-refractivity contribution is 0.00722. The second-order valence-corrected chi connectivity index (χ2v) is 4.63. The number of ether oxygens (including phenoxy) is 1. The SMILES string of the molecule is Cc1nc(C)c(C(=O)N2CCOC(C(N)=S)C2)o1. The van der Waals surface area contributed by atoms with Crippen LogP contribution in [-0.4, -0.2) is 46.6 Å². The van der Waals surface area contributed by atoms with Gasteiger partial charge in [0.25, 0.3) is 5.91 Å². The average Bonchev–Trinajstić information content (AvgIpc) is 2.67. The third-order valence-electron chi connectivity index (χ3n) is 2.77. The molecule has 2 heterocycles. The van der Waals surface area contributed by atoms with Crippen LogP contribution >= 0.6 is 12.2 Å². The summed E-state index contributed by atoms with van der Waals surface area (Å²) in [6.07, 6.45) is -0.387. The number of nitrogens with two attached hydrogens (primary N) is 1. The summed E-state index contributed by atoms with van der Waals surface area (Å²) in [7, 11) is 0. The minimum absolute atomic E-state index is 0.197. The number of aromatic nitrogens is 1. The van der Waals surface area contributed by atoms with Gasteiger partial charge in [-0.1, -0.05) is 12.2 Å². The molecule has 0 aromatic carbocycles. The highest BCUT2D eigenvalue weighted by molar-refractivity contribution is 7.80. The fraction of sp³-hybridized carbons (Fsp3) is 0.545. The van der Waals surface area contributed by atoms with Gasteiger partial charge in [0.15, 0.2) is 5.89 Å². The molecule has 1 aliphatic heterocycles. The van der Waals surface area contributed by atoms with E-state index in [2.05, 4.69) is 4.98 Å². The fourth-order valence-electron chi connectivity index (χ4n) is 1.88. The van der Waals surface area contributed by atoms with Gasteiger partial charge in [0, 0.05) is 13.5 Å². The van der Waals surface area contributed by atoms with E-state index in [0.717, 1.165) is 0 Å². The lowest BCUT2D eigenvalue weighted by atomic mass is 10.2. The summed E-state index contributed by atoms with van der Waals surface area (Å²) >= 11 is 4.88. The van der Waals surface area contributed by atoms with E-state index in [1.54, 1.807) is 18.7 Å². The quantitative estimate of drug-likeness (QED) is 0.784. The molecule has 0 saturated carbocycles. The Labute approximate surface area is 110 Å². The highest BCUT2D eigenvalue weighted by Gasteiger charge is 2.29. The molecule has 2 N–H and O–H groups in total. The Balaban J connectivity index is 2.14. The molecule has 1 aromatic rings. The van der Waals surface area contributed by atoms with Gasteiger partial charge in [0.1, 0.15) is 11.1 Å². The van der Waals surface area contributed by atoms with Gasteiger partial charge in [0.2, 0.25) is 5.76 Å². The van der Waals surface area contributed by atoms with E-state index >= 15 is 0 Å². The monoisotopic (exact) mass is 269 g/mol. The first-order valence-electron chi connectivity index (χ1n) is 5.63. The minimum Gasteiger partial charge on any atom is -0.436 e. The predicted molar refractivity (Wildman–Crippen MR) is 68.4 cm³/mol. The van der Waals surface area contributed by atoms with Crippen LogP contribution in [0.1, 0.15) is 22.1 Å². The third kappa shape index (κ3) is 2.51. The van der Waals surface area contributed by atoms with E-state index < -0.39 is 0 Å². The Morgan fingerprint density at radius 1 is 1.56 bits per heavy atom. The summed E-state index contributed by atoms with van der Waals surface area (Å²) in [4.78, 5) is 18.2. The van der Waals surface area contributed by atoms with Crippen LogP contribution in [0.2, 0.25) is 0 Å². The minimum atomic E-state index is -0.387. The molecule has 1 unspecified atom stereocenters. The van der Waals surface area contributed by atoms with E-state index in [0.29, 0.717) is 31.3 Å². The van der Waals surface area contributed by atoms with Crippen LogP contribution in [-0.2, 0) is 4.74 Å². The normalized spacial score (nSPS) is 19.9. The summed E-state index contributed by atoms with van der Waals surface area (Å²) in [6.45, 7) is 4.72.